The molecule has 1 rings (SSSR count). The lowest BCUT2D eigenvalue weighted by atomic mass is 9.84. The number of hydrogen-bond donors (Lipinski definition) is 1. The summed E-state index contributed by atoms with van der Waals surface area (Å²) >= 11 is 0. The Morgan fingerprint density at radius 1 is 1.38 bits per heavy atom. The summed E-state index contributed by atoms with van der Waals surface area (Å²) in [6.07, 6.45) is 1.57. The van der Waals surface area contributed by atoms with Gasteiger partial charge < -0.3 is 5.11 Å². The largest absolute Gasteiger partial charge is 0.481 e. The van der Waals surface area contributed by atoms with Gasteiger partial charge >= 0.3 is 5.97 Å². The van der Waals surface area contributed by atoms with E-state index in [1.807, 2.05) is 6.92 Å². The summed E-state index contributed by atoms with van der Waals surface area (Å²) in [5.74, 6) is -0.742. The molecule has 0 unspecified atom stereocenters. The van der Waals surface area contributed by atoms with Crippen molar-refractivity contribution in [2.45, 2.75) is 40.5 Å². The van der Waals surface area contributed by atoms with Gasteiger partial charge in [-0.05, 0) is 50.3 Å². The van der Waals surface area contributed by atoms with Crippen molar-refractivity contribution in [1.29, 1.82) is 0 Å². The Kier molecular flexibility index (Phi) is 3.74. The average molecular weight is 220 g/mol. The zero-order valence-corrected chi connectivity index (χ0v) is 10.5. The quantitative estimate of drug-likeness (QED) is 0.846. The number of carboxylic acids is 1. The monoisotopic (exact) mass is 220 g/mol. The van der Waals surface area contributed by atoms with Crippen molar-refractivity contribution < 1.29 is 9.90 Å². The smallest absolute Gasteiger partial charge is 0.309 e. The summed E-state index contributed by atoms with van der Waals surface area (Å²) in [6.45, 7) is 7.68. The van der Waals surface area contributed by atoms with Gasteiger partial charge in [0.25, 0.3) is 0 Å². The fourth-order valence-electron chi connectivity index (χ4n) is 1.69. The van der Waals surface area contributed by atoms with Gasteiger partial charge in [0, 0.05) is 0 Å². The number of benzene rings is 1. The van der Waals surface area contributed by atoms with Crippen molar-refractivity contribution in [2.24, 2.45) is 5.41 Å². The van der Waals surface area contributed by atoms with Crippen LogP contribution in [-0.4, -0.2) is 11.1 Å². The minimum Gasteiger partial charge on any atom is -0.481 e. The van der Waals surface area contributed by atoms with Gasteiger partial charge in [0.2, 0.25) is 0 Å². The number of rotatable bonds is 4. The van der Waals surface area contributed by atoms with Crippen LogP contribution >= 0.6 is 0 Å². The van der Waals surface area contributed by atoms with E-state index in [1.165, 1.54) is 11.1 Å². The lowest BCUT2D eigenvalue weighted by Crippen LogP contribution is -2.26. The van der Waals surface area contributed by atoms with E-state index in [1.54, 1.807) is 13.8 Å². The topological polar surface area (TPSA) is 37.3 Å². The van der Waals surface area contributed by atoms with Gasteiger partial charge in [-0.3, -0.25) is 4.79 Å². The van der Waals surface area contributed by atoms with Gasteiger partial charge in [-0.25, -0.2) is 0 Å². The maximum absolute atomic E-state index is 11.1. The van der Waals surface area contributed by atoms with Crippen molar-refractivity contribution in [2.75, 3.05) is 0 Å². The Bertz CT molecular complexity index is 392. The highest BCUT2D eigenvalue weighted by molar-refractivity contribution is 5.74. The third kappa shape index (κ3) is 2.84. The van der Waals surface area contributed by atoms with Crippen LogP contribution < -0.4 is 0 Å². The lowest BCUT2D eigenvalue weighted by Gasteiger charge is -2.20. The van der Waals surface area contributed by atoms with Gasteiger partial charge in [0.05, 0.1) is 5.41 Å². The standard InChI is InChI=1S/C14H20O2/c1-5-11-7-6-10(2)12(8-11)9-14(3,4)13(15)16/h6-8H,5,9H2,1-4H3,(H,15,16). The molecule has 0 heterocycles. The first-order valence-corrected chi connectivity index (χ1v) is 5.68. The van der Waals surface area contributed by atoms with E-state index in [0.29, 0.717) is 6.42 Å². The van der Waals surface area contributed by atoms with Crippen LogP contribution in [-0.2, 0) is 17.6 Å². The summed E-state index contributed by atoms with van der Waals surface area (Å²) in [4.78, 5) is 11.1. The maximum atomic E-state index is 11.1. The molecule has 1 aromatic carbocycles. The summed E-state index contributed by atoms with van der Waals surface area (Å²) in [6, 6.07) is 6.30. The molecular formula is C14H20O2. The Morgan fingerprint density at radius 3 is 2.50 bits per heavy atom. The minimum absolute atomic E-state index is 0.585. The van der Waals surface area contributed by atoms with Crippen LogP contribution in [0.1, 0.15) is 37.5 Å². The highest BCUT2D eigenvalue weighted by Gasteiger charge is 2.27. The van der Waals surface area contributed by atoms with E-state index in [-0.39, 0.29) is 0 Å². The van der Waals surface area contributed by atoms with Crippen LogP contribution in [0, 0.1) is 12.3 Å². The van der Waals surface area contributed by atoms with Crippen LogP contribution in [0.2, 0.25) is 0 Å². The van der Waals surface area contributed by atoms with E-state index >= 15 is 0 Å². The fraction of sp³-hybridized carbons (Fsp3) is 0.500. The van der Waals surface area contributed by atoms with E-state index in [9.17, 15) is 4.79 Å². The van der Waals surface area contributed by atoms with E-state index < -0.39 is 11.4 Å². The lowest BCUT2D eigenvalue weighted by molar-refractivity contribution is -0.146. The van der Waals surface area contributed by atoms with E-state index in [0.717, 1.165) is 12.0 Å². The molecule has 0 aliphatic rings. The van der Waals surface area contributed by atoms with Gasteiger partial charge in [-0.1, -0.05) is 25.1 Å². The van der Waals surface area contributed by atoms with Gasteiger partial charge in [-0.15, -0.1) is 0 Å². The first-order valence-electron chi connectivity index (χ1n) is 5.68. The molecule has 0 saturated heterocycles. The molecule has 2 heteroatoms. The second-order valence-corrected chi connectivity index (χ2v) is 4.98. The molecule has 0 bridgehead atoms. The summed E-state index contributed by atoms with van der Waals surface area (Å²) in [5.41, 5.74) is 2.89. The number of carboxylic acid groups (broad SMARTS) is 1. The molecule has 16 heavy (non-hydrogen) atoms. The molecule has 0 spiro atoms. The predicted octanol–water partition coefficient (Wildman–Crippen LogP) is 3.21. The molecule has 2 nitrogen and oxygen atoms in total. The van der Waals surface area contributed by atoms with Crippen molar-refractivity contribution in [3.05, 3.63) is 34.9 Å². The highest BCUT2D eigenvalue weighted by atomic mass is 16.4. The second kappa shape index (κ2) is 4.69. The first kappa shape index (κ1) is 12.8. The van der Waals surface area contributed by atoms with E-state index in [2.05, 4.69) is 25.1 Å². The SMILES string of the molecule is CCc1ccc(C)c(CC(C)(C)C(=O)O)c1. The molecule has 0 atom stereocenters. The van der Waals surface area contributed by atoms with Crippen LogP contribution in [0.5, 0.6) is 0 Å². The van der Waals surface area contributed by atoms with E-state index in [4.69, 9.17) is 5.11 Å². The molecule has 0 aliphatic heterocycles. The van der Waals surface area contributed by atoms with Crippen LogP contribution in [0.3, 0.4) is 0 Å². The molecule has 0 amide bonds. The van der Waals surface area contributed by atoms with Crippen LogP contribution in [0.4, 0.5) is 0 Å². The van der Waals surface area contributed by atoms with Crippen molar-refractivity contribution in [3.63, 3.8) is 0 Å². The van der Waals surface area contributed by atoms with Crippen molar-refractivity contribution >= 4 is 5.97 Å². The average Bonchev–Trinajstić information content (AvgIpc) is 2.21. The normalized spacial score (nSPS) is 11.5. The van der Waals surface area contributed by atoms with Gasteiger partial charge in [0.1, 0.15) is 0 Å². The number of carbonyl (C=O) groups is 1. The zero-order valence-electron chi connectivity index (χ0n) is 10.5. The maximum Gasteiger partial charge on any atom is 0.309 e. The Morgan fingerprint density at radius 2 is 2.00 bits per heavy atom. The predicted molar refractivity (Wildman–Crippen MR) is 65.7 cm³/mol. The number of aliphatic carboxylic acids is 1. The molecule has 1 aromatic rings. The minimum atomic E-state index is -0.742. The molecule has 0 aromatic heterocycles. The Hall–Kier alpha value is -1.31. The Labute approximate surface area is 97.3 Å². The zero-order chi connectivity index (χ0) is 12.3. The third-order valence-corrected chi connectivity index (χ3v) is 3.03. The fourth-order valence-corrected chi connectivity index (χ4v) is 1.69. The number of hydrogen-bond acceptors (Lipinski definition) is 1. The molecular weight excluding hydrogens is 200 g/mol. The van der Waals surface area contributed by atoms with Gasteiger partial charge in [-0.2, -0.15) is 0 Å². The molecule has 0 aliphatic carbocycles. The summed E-state index contributed by atoms with van der Waals surface area (Å²) in [7, 11) is 0. The number of aryl methyl sites for hydroxylation is 2. The summed E-state index contributed by atoms with van der Waals surface area (Å²) < 4.78 is 0. The molecule has 0 radical (unpaired) electrons. The van der Waals surface area contributed by atoms with Crippen molar-refractivity contribution in [3.8, 4) is 0 Å². The second-order valence-electron chi connectivity index (χ2n) is 4.98. The highest BCUT2D eigenvalue weighted by Crippen LogP contribution is 2.24. The molecule has 0 fully saturated rings. The molecule has 88 valence electrons. The molecule has 0 saturated carbocycles. The third-order valence-electron chi connectivity index (χ3n) is 3.03. The molecule has 1 N–H and O–H groups in total. The summed E-state index contributed by atoms with van der Waals surface area (Å²) in [5, 5.41) is 9.12. The van der Waals surface area contributed by atoms with Crippen LogP contribution in [0.15, 0.2) is 18.2 Å². The Balaban J connectivity index is 3.00. The van der Waals surface area contributed by atoms with Crippen LogP contribution in [0.25, 0.3) is 0 Å². The first-order chi connectivity index (χ1) is 7.36. The van der Waals surface area contributed by atoms with Gasteiger partial charge in [0.15, 0.2) is 0 Å². The van der Waals surface area contributed by atoms with Crippen molar-refractivity contribution in [1.82, 2.24) is 0 Å².